The lowest BCUT2D eigenvalue weighted by molar-refractivity contribution is -0.113. The highest BCUT2D eigenvalue weighted by atomic mass is 35.5. The second kappa shape index (κ2) is 12.4. The summed E-state index contributed by atoms with van der Waals surface area (Å²) in [6.45, 7) is 5.79. The number of benzene rings is 2. The number of aryl methyl sites for hydroxylation is 2. The first-order valence-electron chi connectivity index (χ1n) is 11.8. The number of nitrogens with zero attached hydrogens (tertiary/aromatic N) is 3. The van der Waals surface area contributed by atoms with Gasteiger partial charge in [-0.1, -0.05) is 58.7 Å². The Bertz CT molecular complexity index is 1540. The third-order valence-electron chi connectivity index (χ3n) is 5.88. The van der Waals surface area contributed by atoms with E-state index in [1.54, 1.807) is 29.8 Å². The van der Waals surface area contributed by atoms with Crippen LogP contribution in [0.15, 0.2) is 46.9 Å². The number of halogens is 2. The summed E-state index contributed by atoms with van der Waals surface area (Å²) >= 11 is 14.8. The Balaban J connectivity index is 1.46. The van der Waals surface area contributed by atoms with E-state index in [1.807, 2.05) is 44.4 Å². The van der Waals surface area contributed by atoms with Gasteiger partial charge >= 0.3 is 5.97 Å². The van der Waals surface area contributed by atoms with Gasteiger partial charge in [-0.05, 0) is 44.0 Å². The predicted molar refractivity (Wildman–Crippen MR) is 156 cm³/mol. The Labute approximate surface area is 244 Å². The van der Waals surface area contributed by atoms with Gasteiger partial charge in [0.05, 0.1) is 17.9 Å². The summed E-state index contributed by atoms with van der Waals surface area (Å²) in [7, 11) is 3.12. The number of hydrogen-bond donors (Lipinski definition) is 1. The summed E-state index contributed by atoms with van der Waals surface area (Å²) in [5.74, 6) is 0.239. The molecule has 0 aliphatic heterocycles. The van der Waals surface area contributed by atoms with Crippen molar-refractivity contribution < 1.29 is 19.1 Å². The van der Waals surface area contributed by atoms with Crippen LogP contribution in [0.4, 0.5) is 5.00 Å². The van der Waals surface area contributed by atoms with E-state index in [0.717, 1.165) is 22.3 Å². The number of esters is 1. The molecule has 0 bridgehead atoms. The fraction of sp³-hybridized carbons (Fsp3) is 0.259. The minimum absolute atomic E-state index is 0.0542. The average molecular weight is 606 g/mol. The number of hydrogen-bond acceptors (Lipinski definition) is 8. The van der Waals surface area contributed by atoms with Crippen LogP contribution in [0, 0.1) is 13.8 Å². The van der Waals surface area contributed by atoms with Crippen LogP contribution in [0.3, 0.4) is 0 Å². The number of thioether (sulfide) groups is 1. The van der Waals surface area contributed by atoms with Gasteiger partial charge in [0.2, 0.25) is 5.91 Å². The fourth-order valence-corrected chi connectivity index (χ4v) is 5.89. The predicted octanol–water partition coefficient (Wildman–Crippen LogP) is 7.12. The summed E-state index contributed by atoms with van der Waals surface area (Å²) in [4.78, 5) is 25.6. The zero-order valence-corrected chi connectivity index (χ0v) is 25.0. The van der Waals surface area contributed by atoms with E-state index in [4.69, 9.17) is 32.7 Å². The molecule has 2 heterocycles. The van der Waals surface area contributed by atoms with Crippen LogP contribution in [0.2, 0.25) is 10.0 Å². The highest BCUT2D eigenvalue weighted by molar-refractivity contribution is 7.99. The molecule has 0 fully saturated rings. The van der Waals surface area contributed by atoms with Gasteiger partial charge in [-0.3, -0.25) is 4.79 Å². The van der Waals surface area contributed by atoms with Gasteiger partial charge in [-0.15, -0.1) is 21.5 Å². The Morgan fingerprint density at radius 2 is 1.90 bits per heavy atom. The molecule has 4 aromatic rings. The molecule has 0 saturated heterocycles. The molecule has 2 aromatic carbocycles. The fourth-order valence-electron chi connectivity index (χ4n) is 3.89. The number of methoxy groups -OCH3 is 1. The zero-order valence-electron chi connectivity index (χ0n) is 21.9. The van der Waals surface area contributed by atoms with Crippen LogP contribution in [-0.2, 0) is 16.6 Å². The minimum atomic E-state index is -0.512. The maximum atomic E-state index is 12.9. The third kappa shape index (κ3) is 6.58. The summed E-state index contributed by atoms with van der Waals surface area (Å²) < 4.78 is 12.7. The van der Waals surface area contributed by atoms with Crippen molar-refractivity contribution in [3.05, 3.63) is 74.3 Å². The third-order valence-corrected chi connectivity index (χ3v) is 8.34. The van der Waals surface area contributed by atoms with Crippen LogP contribution >= 0.6 is 46.3 Å². The molecule has 0 aliphatic rings. The van der Waals surface area contributed by atoms with Crippen LogP contribution in [-0.4, -0.2) is 39.5 Å². The van der Waals surface area contributed by atoms with Crippen LogP contribution in [0.25, 0.3) is 11.1 Å². The number of anilines is 1. The highest BCUT2D eigenvalue weighted by Gasteiger charge is 2.24. The van der Waals surface area contributed by atoms with E-state index in [-0.39, 0.29) is 11.7 Å². The van der Waals surface area contributed by atoms with E-state index in [1.165, 1.54) is 30.2 Å². The van der Waals surface area contributed by atoms with E-state index in [0.29, 0.717) is 37.3 Å². The molecule has 8 nitrogen and oxygen atoms in total. The van der Waals surface area contributed by atoms with Gasteiger partial charge < -0.3 is 19.4 Å². The van der Waals surface area contributed by atoms with E-state index < -0.39 is 12.1 Å². The number of carbonyl (C=O) groups excluding carboxylic acids is 2. The summed E-state index contributed by atoms with van der Waals surface area (Å²) in [5, 5.41) is 15.1. The second-order valence-electron chi connectivity index (χ2n) is 8.73. The normalized spacial score (nSPS) is 11.8. The molecule has 39 heavy (non-hydrogen) atoms. The van der Waals surface area contributed by atoms with Gasteiger partial charge in [0.15, 0.2) is 17.1 Å². The van der Waals surface area contributed by atoms with Crippen molar-refractivity contribution in [3.8, 4) is 16.9 Å². The molecule has 1 atom stereocenters. The first-order valence-corrected chi connectivity index (χ1v) is 14.4. The van der Waals surface area contributed by atoms with Crippen LogP contribution < -0.4 is 10.1 Å². The standard InChI is InChI=1S/C27H26Cl2N4O4S2/c1-14-6-7-15(2)18(10-14)19-12-38-25(23(19)26(35)36-5)30-22(34)13-39-27-32-31-24(33(27)4)16(3)37-21-11-17(28)8-9-20(21)29/h6-12,16H,13H2,1-5H3,(H,30,34). The molecule has 4 rings (SSSR count). The molecule has 12 heteroatoms. The monoisotopic (exact) mass is 604 g/mol. The SMILES string of the molecule is COC(=O)c1c(-c2cc(C)ccc2C)csc1NC(=O)CSc1nnc(C(C)Oc2cc(Cl)ccc2Cl)n1C. The van der Waals surface area contributed by atoms with Crippen molar-refractivity contribution >= 4 is 63.2 Å². The van der Waals surface area contributed by atoms with Crippen molar-refractivity contribution in [1.82, 2.24) is 14.8 Å². The molecule has 0 radical (unpaired) electrons. The Hall–Kier alpha value is -3.05. The molecule has 1 amide bonds. The summed E-state index contributed by atoms with van der Waals surface area (Å²) in [6.07, 6.45) is -0.473. The first kappa shape index (κ1) is 28.9. The lowest BCUT2D eigenvalue weighted by Gasteiger charge is -2.15. The van der Waals surface area contributed by atoms with Crippen LogP contribution in [0.1, 0.15) is 40.3 Å². The van der Waals surface area contributed by atoms with Gasteiger partial charge in [0.25, 0.3) is 0 Å². The average Bonchev–Trinajstić information content (AvgIpc) is 3.49. The van der Waals surface area contributed by atoms with E-state index in [2.05, 4.69) is 15.5 Å². The van der Waals surface area contributed by atoms with Gasteiger partial charge in [-0.2, -0.15) is 0 Å². The highest BCUT2D eigenvalue weighted by Crippen LogP contribution is 2.38. The molecule has 204 valence electrons. The van der Waals surface area contributed by atoms with Crippen molar-refractivity contribution in [2.24, 2.45) is 7.05 Å². The quantitative estimate of drug-likeness (QED) is 0.160. The van der Waals surface area contributed by atoms with E-state index in [9.17, 15) is 9.59 Å². The summed E-state index contributed by atoms with van der Waals surface area (Å²) in [5.41, 5.74) is 4.07. The molecule has 0 saturated carbocycles. The molecule has 1 unspecified atom stereocenters. The van der Waals surface area contributed by atoms with Gasteiger partial charge in [-0.25, -0.2) is 4.79 Å². The molecule has 0 spiro atoms. The Kier molecular flexibility index (Phi) is 9.22. The second-order valence-corrected chi connectivity index (χ2v) is 11.4. The topological polar surface area (TPSA) is 95.3 Å². The molecular formula is C27H26Cl2N4O4S2. The molecule has 1 N–H and O–H groups in total. The molecule has 2 aromatic heterocycles. The number of nitrogens with one attached hydrogen (secondary N) is 1. The Morgan fingerprint density at radius 3 is 2.64 bits per heavy atom. The number of amides is 1. The Morgan fingerprint density at radius 1 is 1.13 bits per heavy atom. The van der Waals surface area contributed by atoms with Crippen molar-refractivity contribution in [1.29, 1.82) is 0 Å². The lowest BCUT2D eigenvalue weighted by Crippen LogP contribution is -2.16. The van der Waals surface area contributed by atoms with Gasteiger partial charge in [0, 0.05) is 29.1 Å². The van der Waals surface area contributed by atoms with Crippen LogP contribution in [0.5, 0.6) is 5.75 Å². The van der Waals surface area contributed by atoms with Crippen molar-refractivity contribution in [3.63, 3.8) is 0 Å². The van der Waals surface area contributed by atoms with E-state index >= 15 is 0 Å². The lowest BCUT2D eigenvalue weighted by atomic mass is 9.97. The van der Waals surface area contributed by atoms with Gasteiger partial charge in [0.1, 0.15) is 16.3 Å². The first-order chi connectivity index (χ1) is 18.6. The summed E-state index contributed by atoms with van der Waals surface area (Å²) in [6, 6.07) is 11.0. The van der Waals surface area contributed by atoms with Crippen molar-refractivity contribution in [2.45, 2.75) is 32.0 Å². The maximum absolute atomic E-state index is 12.9. The maximum Gasteiger partial charge on any atom is 0.341 e. The van der Waals surface area contributed by atoms with Crippen molar-refractivity contribution in [2.75, 3.05) is 18.2 Å². The molecule has 0 aliphatic carbocycles. The number of carbonyl (C=O) groups is 2. The number of aromatic nitrogens is 3. The number of rotatable bonds is 9. The zero-order chi connectivity index (χ0) is 28.3. The smallest absolute Gasteiger partial charge is 0.341 e. The largest absolute Gasteiger partial charge is 0.481 e. The molecular weight excluding hydrogens is 579 g/mol. The minimum Gasteiger partial charge on any atom is -0.481 e. The number of thiophene rings is 1. The number of ether oxygens (including phenoxy) is 2.